The first kappa shape index (κ1) is 14.5. The summed E-state index contributed by atoms with van der Waals surface area (Å²) in [4.78, 5) is 2.62. The summed E-state index contributed by atoms with van der Waals surface area (Å²) in [6, 6.07) is 8.86. The summed E-state index contributed by atoms with van der Waals surface area (Å²) in [5, 5.41) is 0. The minimum Gasteiger partial charge on any atom is -0.329 e. The van der Waals surface area contributed by atoms with Gasteiger partial charge in [-0.2, -0.15) is 0 Å². The lowest BCUT2D eigenvalue weighted by Crippen LogP contribution is -2.53. The minimum absolute atomic E-state index is 0.153. The molecule has 2 atom stereocenters. The van der Waals surface area contributed by atoms with Gasteiger partial charge in [-0.1, -0.05) is 38.1 Å². The quantitative estimate of drug-likeness (QED) is 0.816. The fourth-order valence-electron chi connectivity index (χ4n) is 3.14. The minimum atomic E-state index is 0.153. The van der Waals surface area contributed by atoms with Crippen molar-refractivity contribution < 1.29 is 0 Å². The van der Waals surface area contributed by atoms with Crippen molar-refractivity contribution in [1.82, 2.24) is 4.90 Å². The highest BCUT2D eigenvalue weighted by Crippen LogP contribution is 2.36. The first-order valence-electron chi connectivity index (χ1n) is 7.67. The number of hydrogen-bond acceptors (Lipinski definition) is 2. The number of nitrogens with zero attached hydrogens (tertiary/aromatic N) is 1. The molecule has 106 valence electrons. The van der Waals surface area contributed by atoms with Gasteiger partial charge in [0.2, 0.25) is 0 Å². The van der Waals surface area contributed by atoms with E-state index in [4.69, 9.17) is 5.73 Å². The largest absolute Gasteiger partial charge is 0.329 e. The Morgan fingerprint density at radius 2 is 2.05 bits per heavy atom. The molecule has 0 saturated heterocycles. The van der Waals surface area contributed by atoms with Crippen molar-refractivity contribution in [1.29, 1.82) is 0 Å². The SMILES string of the molecule is CCCN(CC1Cc2ccccc21)C(C)(CC)CN. The normalized spacial score (nSPS) is 20.8. The summed E-state index contributed by atoms with van der Waals surface area (Å²) in [5.41, 5.74) is 9.28. The maximum Gasteiger partial charge on any atom is 0.0301 e. The Balaban J connectivity index is 2.07. The highest BCUT2D eigenvalue weighted by Gasteiger charge is 2.33. The molecule has 19 heavy (non-hydrogen) atoms. The number of benzene rings is 1. The van der Waals surface area contributed by atoms with Crippen LogP contribution in [0.25, 0.3) is 0 Å². The molecule has 1 aromatic carbocycles. The molecule has 2 unspecified atom stereocenters. The molecule has 2 nitrogen and oxygen atoms in total. The first-order chi connectivity index (χ1) is 9.14. The predicted molar refractivity (Wildman–Crippen MR) is 82.5 cm³/mol. The highest BCUT2D eigenvalue weighted by molar-refractivity contribution is 5.40. The molecule has 1 aromatic rings. The lowest BCUT2D eigenvalue weighted by molar-refractivity contribution is 0.0944. The zero-order valence-corrected chi connectivity index (χ0v) is 12.7. The lowest BCUT2D eigenvalue weighted by Gasteiger charge is -2.44. The standard InChI is InChI=1S/C17H28N2/c1-4-10-19(17(3,5-2)13-18)12-15-11-14-8-6-7-9-16(14)15/h6-9,15H,4-5,10-13,18H2,1-3H3. The Labute approximate surface area is 118 Å². The van der Waals surface area contributed by atoms with Crippen LogP contribution in [-0.4, -0.2) is 30.1 Å². The molecule has 0 spiro atoms. The van der Waals surface area contributed by atoms with Crippen LogP contribution < -0.4 is 5.73 Å². The van der Waals surface area contributed by atoms with Crippen molar-refractivity contribution in [2.24, 2.45) is 5.73 Å². The van der Waals surface area contributed by atoms with E-state index in [1.807, 2.05) is 0 Å². The van der Waals surface area contributed by atoms with E-state index in [0.717, 1.165) is 26.1 Å². The molecular formula is C17H28N2. The van der Waals surface area contributed by atoms with Gasteiger partial charge in [0.15, 0.2) is 0 Å². The third kappa shape index (κ3) is 2.85. The van der Waals surface area contributed by atoms with E-state index in [0.29, 0.717) is 5.92 Å². The van der Waals surface area contributed by atoms with Crippen LogP contribution >= 0.6 is 0 Å². The van der Waals surface area contributed by atoms with Gasteiger partial charge in [-0.15, -0.1) is 0 Å². The topological polar surface area (TPSA) is 29.3 Å². The van der Waals surface area contributed by atoms with Gasteiger partial charge in [-0.25, -0.2) is 0 Å². The zero-order valence-electron chi connectivity index (χ0n) is 12.7. The van der Waals surface area contributed by atoms with Crippen molar-refractivity contribution in [2.45, 2.75) is 51.5 Å². The average molecular weight is 260 g/mol. The highest BCUT2D eigenvalue weighted by atomic mass is 15.2. The number of hydrogen-bond donors (Lipinski definition) is 1. The molecule has 0 aliphatic heterocycles. The van der Waals surface area contributed by atoms with Gasteiger partial charge >= 0.3 is 0 Å². The van der Waals surface area contributed by atoms with Gasteiger partial charge < -0.3 is 5.73 Å². The molecule has 2 rings (SSSR count). The van der Waals surface area contributed by atoms with Crippen LogP contribution in [0, 0.1) is 0 Å². The zero-order chi connectivity index (χ0) is 13.9. The van der Waals surface area contributed by atoms with Crippen LogP contribution in [0.5, 0.6) is 0 Å². The van der Waals surface area contributed by atoms with E-state index in [1.165, 1.54) is 18.4 Å². The second kappa shape index (κ2) is 6.06. The first-order valence-corrected chi connectivity index (χ1v) is 7.67. The molecule has 1 aliphatic carbocycles. The van der Waals surface area contributed by atoms with E-state index in [1.54, 1.807) is 5.56 Å². The van der Waals surface area contributed by atoms with Crippen LogP contribution in [0.2, 0.25) is 0 Å². The lowest BCUT2D eigenvalue weighted by atomic mass is 9.76. The van der Waals surface area contributed by atoms with Gasteiger partial charge in [0.05, 0.1) is 0 Å². The summed E-state index contributed by atoms with van der Waals surface area (Å²) in [5.74, 6) is 0.708. The molecule has 2 N–H and O–H groups in total. The molecule has 1 aliphatic rings. The van der Waals surface area contributed by atoms with Crippen molar-refractivity contribution in [3.8, 4) is 0 Å². The van der Waals surface area contributed by atoms with E-state index in [9.17, 15) is 0 Å². The number of fused-ring (bicyclic) bond motifs is 1. The van der Waals surface area contributed by atoms with Crippen LogP contribution in [0.1, 0.15) is 50.7 Å². The molecule has 0 aromatic heterocycles. The maximum absolute atomic E-state index is 6.04. The van der Waals surface area contributed by atoms with Crippen molar-refractivity contribution >= 4 is 0 Å². The number of rotatable bonds is 7. The van der Waals surface area contributed by atoms with E-state index in [-0.39, 0.29) is 5.54 Å². The molecule has 0 bridgehead atoms. The summed E-state index contributed by atoms with van der Waals surface area (Å²) >= 11 is 0. The van der Waals surface area contributed by atoms with E-state index in [2.05, 4.69) is 49.9 Å². The van der Waals surface area contributed by atoms with Gasteiger partial charge in [0.1, 0.15) is 0 Å². The Hall–Kier alpha value is -0.860. The summed E-state index contributed by atoms with van der Waals surface area (Å²) < 4.78 is 0. The van der Waals surface area contributed by atoms with Crippen molar-refractivity contribution in [3.05, 3.63) is 35.4 Å². The predicted octanol–water partition coefficient (Wildman–Crippen LogP) is 3.17. The second-order valence-electron chi connectivity index (χ2n) is 6.10. The Morgan fingerprint density at radius 3 is 2.63 bits per heavy atom. The fourth-order valence-corrected chi connectivity index (χ4v) is 3.14. The van der Waals surface area contributed by atoms with E-state index >= 15 is 0 Å². The maximum atomic E-state index is 6.04. The monoisotopic (exact) mass is 260 g/mol. The Kier molecular flexibility index (Phi) is 4.64. The van der Waals surface area contributed by atoms with Crippen molar-refractivity contribution in [2.75, 3.05) is 19.6 Å². The molecular weight excluding hydrogens is 232 g/mol. The fraction of sp³-hybridized carbons (Fsp3) is 0.647. The van der Waals surface area contributed by atoms with Crippen LogP contribution in [0.4, 0.5) is 0 Å². The Morgan fingerprint density at radius 1 is 1.32 bits per heavy atom. The molecule has 0 saturated carbocycles. The second-order valence-corrected chi connectivity index (χ2v) is 6.10. The van der Waals surface area contributed by atoms with Crippen LogP contribution in [0.15, 0.2) is 24.3 Å². The summed E-state index contributed by atoms with van der Waals surface area (Å²) in [7, 11) is 0. The van der Waals surface area contributed by atoms with Gasteiger partial charge in [-0.05, 0) is 43.9 Å². The van der Waals surface area contributed by atoms with Gasteiger partial charge in [-0.3, -0.25) is 4.90 Å². The average Bonchev–Trinajstić information content (AvgIpc) is 2.42. The Bertz CT molecular complexity index is 409. The molecule has 0 radical (unpaired) electrons. The van der Waals surface area contributed by atoms with Crippen LogP contribution in [0.3, 0.4) is 0 Å². The molecule has 0 heterocycles. The molecule has 0 fully saturated rings. The van der Waals surface area contributed by atoms with E-state index < -0.39 is 0 Å². The molecule has 2 heteroatoms. The van der Waals surface area contributed by atoms with Gasteiger partial charge in [0.25, 0.3) is 0 Å². The third-order valence-electron chi connectivity index (χ3n) is 4.86. The number of nitrogens with two attached hydrogens (primary N) is 1. The van der Waals surface area contributed by atoms with Gasteiger partial charge in [0, 0.05) is 24.5 Å². The smallest absolute Gasteiger partial charge is 0.0301 e. The van der Waals surface area contributed by atoms with Crippen molar-refractivity contribution in [3.63, 3.8) is 0 Å². The third-order valence-corrected chi connectivity index (χ3v) is 4.86. The summed E-state index contributed by atoms with van der Waals surface area (Å²) in [6.07, 6.45) is 3.56. The molecule has 0 amide bonds. The summed E-state index contributed by atoms with van der Waals surface area (Å²) in [6.45, 7) is 9.89. The van der Waals surface area contributed by atoms with Crippen LogP contribution in [-0.2, 0) is 6.42 Å².